The third kappa shape index (κ3) is 9.82. The van der Waals surface area contributed by atoms with Gasteiger partial charge in [0.05, 0.1) is 6.04 Å². The minimum absolute atomic E-state index is 0.0177. The quantitative estimate of drug-likeness (QED) is 0.354. The van der Waals surface area contributed by atoms with Gasteiger partial charge >= 0.3 is 13.7 Å². The Bertz CT molecular complexity index is 743. The van der Waals surface area contributed by atoms with Gasteiger partial charge in [-0.05, 0) is 30.2 Å². The van der Waals surface area contributed by atoms with Crippen LogP contribution in [0.3, 0.4) is 0 Å². The number of hydrogen-bond donors (Lipinski definition) is 4. The molecule has 0 saturated carbocycles. The molecule has 4 atom stereocenters. The second kappa shape index (κ2) is 12.8. The van der Waals surface area contributed by atoms with Crippen LogP contribution in [-0.4, -0.2) is 47.0 Å². The van der Waals surface area contributed by atoms with Gasteiger partial charge < -0.3 is 29.9 Å². The molecule has 0 saturated heterocycles. The summed E-state index contributed by atoms with van der Waals surface area (Å²) >= 11 is 0. The Hall–Kier alpha value is -1.93. The van der Waals surface area contributed by atoms with Crippen LogP contribution < -0.4 is 10.6 Å². The molecule has 0 aliphatic heterocycles. The second-order valence-electron chi connectivity index (χ2n) is 8.29. The lowest BCUT2D eigenvalue weighted by molar-refractivity contribution is -0.124. The lowest BCUT2D eigenvalue weighted by Crippen LogP contribution is -2.53. The maximum Gasteiger partial charge on any atom is 0.408 e. The van der Waals surface area contributed by atoms with Crippen molar-refractivity contribution in [3.8, 4) is 0 Å². The molecule has 0 radical (unpaired) electrons. The van der Waals surface area contributed by atoms with E-state index in [4.69, 9.17) is 4.74 Å². The zero-order valence-corrected chi connectivity index (χ0v) is 19.7. The summed E-state index contributed by atoms with van der Waals surface area (Å²) in [4.78, 5) is 35.0. The number of ether oxygens (including phenoxy) is 1. The lowest BCUT2D eigenvalue weighted by atomic mass is 10.0. The Labute approximate surface area is 184 Å². The topological polar surface area (TPSA) is 134 Å². The van der Waals surface area contributed by atoms with E-state index < -0.39 is 37.5 Å². The first-order valence-electron chi connectivity index (χ1n) is 10.3. The van der Waals surface area contributed by atoms with Crippen LogP contribution in [0.25, 0.3) is 0 Å². The van der Waals surface area contributed by atoms with Crippen molar-refractivity contribution < 1.29 is 33.4 Å². The molecule has 10 heteroatoms. The standard InChI is InChI=1S/C21H35N2O7P/c1-14(2)11-17(23-21(26)30-13-16-9-7-6-8-10-16)19(24)22-18(12-15(3)4)20(25)31(27,28)29-5/h6-10,14-15,17-18,20,25H,11-13H2,1-5H3,(H,22,24)(H,23,26)(H,27,28)/t17-,18-,20?/m0/s1. The van der Waals surface area contributed by atoms with Crippen molar-refractivity contribution in [3.05, 3.63) is 35.9 Å². The smallest absolute Gasteiger partial charge is 0.408 e. The van der Waals surface area contributed by atoms with Crippen molar-refractivity contribution >= 4 is 19.6 Å². The van der Waals surface area contributed by atoms with Crippen LogP contribution in [0.2, 0.25) is 0 Å². The van der Waals surface area contributed by atoms with Gasteiger partial charge in [0, 0.05) is 7.11 Å². The molecule has 1 aromatic carbocycles. The summed E-state index contributed by atoms with van der Waals surface area (Å²) in [5.41, 5.74) is 0.806. The first-order valence-corrected chi connectivity index (χ1v) is 11.9. The molecule has 0 aliphatic carbocycles. The van der Waals surface area contributed by atoms with E-state index in [0.29, 0.717) is 6.42 Å². The highest BCUT2D eigenvalue weighted by atomic mass is 31.2. The summed E-state index contributed by atoms with van der Waals surface area (Å²) in [6.07, 6.45) is -0.193. The Balaban J connectivity index is 2.85. The van der Waals surface area contributed by atoms with Crippen molar-refractivity contribution in [2.45, 2.75) is 65.1 Å². The molecule has 0 fully saturated rings. The van der Waals surface area contributed by atoms with Crippen molar-refractivity contribution in [1.82, 2.24) is 10.6 Å². The molecule has 1 aromatic rings. The number of benzene rings is 1. The minimum atomic E-state index is -4.33. The van der Waals surface area contributed by atoms with Crippen LogP contribution in [0.5, 0.6) is 0 Å². The highest BCUT2D eigenvalue weighted by Crippen LogP contribution is 2.47. The van der Waals surface area contributed by atoms with E-state index in [-0.39, 0.29) is 24.9 Å². The Kier molecular flexibility index (Phi) is 11.2. The van der Waals surface area contributed by atoms with Crippen molar-refractivity contribution in [2.75, 3.05) is 7.11 Å². The average molecular weight is 458 g/mol. The molecule has 0 bridgehead atoms. The number of hydrogen-bond acceptors (Lipinski definition) is 6. The highest BCUT2D eigenvalue weighted by molar-refractivity contribution is 7.53. The van der Waals surface area contributed by atoms with E-state index in [1.54, 1.807) is 0 Å². The van der Waals surface area contributed by atoms with Gasteiger partial charge in [-0.3, -0.25) is 9.36 Å². The lowest BCUT2D eigenvalue weighted by Gasteiger charge is -2.29. The first kappa shape index (κ1) is 27.1. The van der Waals surface area contributed by atoms with Crippen molar-refractivity contribution in [1.29, 1.82) is 0 Å². The van der Waals surface area contributed by atoms with Gasteiger partial charge in [-0.15, -0.1) is 0 Å². The maximum atomic E-state index is 12.9. The fourth-order valence-corrected chi connectivity index (χ4v) is 3.86. The van der Waals surface area contributed by atoms with Crippen LogP contribution in [-0.2, 0) is 25.2 Å². The summed E-state index contributed by atoms with van der Waals surface area (Å²) in [7, 11) is -3.32. The Morgan fingerprint density at radius 3 is 2.13 bits per heavy atom. The van der Waals surface area contributed by atoms with Gasteiger partial charge in [-0.25, -0.2) is 4.79 Å². The zero-order chi connectivity index (χ0) is 23.6. The largest absolute Gasteiger partial charge is 0.445 e. The zero-order valence-electron chi connectivity index (χ0n) is 18.8. The van der Waals surface area contributed by atoms with Crippen molar-refractivity contribution in [2.24, 2.45) is 11.8 Å². The molecule has 4 N–H and O–H groups in total. The van der Waals surface area contributed by atoms with Gasteiger partial charge in [-0.2, -0.15) is 0 Å². The highest BCUT2D eigenvalue weighted by Gasteiger charge is 2.38. The normalized spacial score (nSPS) is 16.3. The second-order valence-corrected chi connectivity index (χ2v) is 10.3. The van der Waals surface area contributed by atoms with Gasteiger partial charge in [0.1, 0.15) is 12.6 Å². The number of carbonyl (C=O) groups is 2. The van der Waals surface area contributed by atoms with Crippen molar-refractivity contribution in [3.63, 3.8) is 0 Å². The number of alkyl carbamates (subject to hydrolysis) is 1. The Morgan fingerprint density at radius 1 is 1.03 bits per heavy atom. The summed E-state index contributed by atoms with van der Waals surface area (Å²) in [6, 6.07) is 7.16. The molecule has 0 aliphatic rings. The van der Waals surface area contributed by atoms with Gasteiger partial charge in [0.25, 0.3) is 0 Å². The molecule has 31 heavy (non-hydrogen) atoms. The molecule has 0 aromatic heterocycles. The summed E-state index contributed by atoms with van der Waals surface area (Å²) < 4.78 is 21.8. The molecule has 0 spiro atoms. The van der Waals surface area contributed by atoms with Crippen LogP contribution in [0.15, 0.2) is 30.3 Å². The molecule has 176 valence electrons. The van der Waals surface area contributed by atoms with E-state index >= 15 is 0 Å². The van der Waals surface area contributed by atoms with Gasteiger partial charge in [0.2, 0.25) is 5.91 Å². The van der Waals surface area contributed by atoms with Gasteiger partial charge in [-0.1, -0.05) is 58.0 Å². The number of amides is 2. The third-order valence-electron chi connectivity index (χ3n) is 4.54. The number of aliphatic hydroxyl groups is 1. The predicted octanol–water partition coefficient (Wildman–Crippen LogP) is 3.01. The number of aliphatic hydroxyl groups excluding tert-OH is 1. The minimum Gasteiger partial charge on any atom is -0.445 e. The SMILES string of the molecule is COP(=O)(O)C(O)[C@H](CC(C)C)NC(=O)[C@H](CC(C)C)NC(=O)OCc1ccccc1. The molecule has 2 amide bonds. The average Bonchev–Trinajstić information content (AvgIpc) is 2.70. The molecule has 1 rings (SSSR count). The van der Waals surface area contributed by atoms with E-state index in [2.05, 4.69) is 15.2 Å². The maximum absolute atomic E-state index is 12.9. The molecule has 0 heterocycles. The monoisotopic (exact) mass is 458 g/mol. The van der Waals surface area contributed by atoms with Crippen LogP contribution in [0.1, 0.15) is 46.1 Å². The number of nitrogens with one attached hydrogen (secondary N) is 2. The van der Waals surface area contributed by atoms with E-state index in [0.717, 1.165) is 12.7 Å². The number of carbonyl (C=O) groups excluding carboxylic acids is 2. The fourth-order valence-electron chi connectivity index (χ4n) is 2.99. The van der Waals surface area contributed by atoms with E-state index in [1.807, 2.05) is 58.0 Å². The van der Waals surface area contributed by atoms with E-state index in [1.165, 1.54) is 0 Å². The fraction of sp³-hybridized carbons (Fsp3) is 0.619. The molecular weight excluding hydrogens is 423 g/mol. The Morgan fingerprint density at radius 2 is 1.61 bits per heavy atom. The summed E-state index contributed by atoms with van der Waals surface area (Å²) in [5.74, 6) is -2.29. The van der Waals surface area contributed by atoms with E-state index in [9.17, 15) is 24.2 Å². The van der Waals surface area contributed by atoms with Gasteiger partial charge in [0.15, 0.2) is 5.85 Å². The molecule has 2 unspecified atom stereocenters. The van der Waals surface area contributed by atoms with Crippen LogP contribution >= 0.6 is 7.60 Å². The third-order valence-corrected chi connectivity index (χ3v) is 6.09. The summed E-state index contributed by atoms with van der Waals surface area (Å²) in [5, 5.41) is 15.5. The molecular formula is C21H35N2O7P. The summed E-state index contributed by atoms with van der Waals surface area (Å²) in [6.45, 7) is 7.55. The molecule has 9 nitrogen and oxygen atoms in total. The number of rotatable bonds is 12. The van der Waals surface area contributed by atoms with Crippen LogP contribution in [0.4, 0.5) is 4.79 Å². The first-order chi connectivity index (χ1) is 14.5. The predicted molar refractivity (Wildman–Crippen MR) is 117 cm³/mol. The van der Waals surface area contributed by atoms with Crippen LogP contribution in [0, 0.1) is 11.8 Å².